The summed E-state index contributed by atoms with van der Waals surface area (Å²) in [6.45, 7) is 2.19. The SMILES string of the molecule is NN1CCCC1.[O-][Br+2]([O-])O. The molecule has 0 aromatic rings. The van der Waals surface area contributed by atoms with Gasteiger partial charge in [-0.3, -0.25) is 5.84 Å². The van der Waals surface area contributed by atoms with E-state index in [-0.39, 0.29) is 0 Å². The van der Waals surface area contributed by atoms with E-state index < -0.39 is 14.8 Å². The van der Waals surface area contributed by atoms with E-state index in [2.05, 4.69) is 0 Å². The van der Waals surface area contributed by atoms with Crippen LogP contribution in [-0.4, -0.2) is 22.3 Å². The number of hydrogen-bond donors (Lipinski definition) is 2. The summed E-state index contributed by atoms with van der Waals surface area (Å²) in [5, 5.41) is 1.86. The Bertz CT molecular complexity index is 74.1. The van der Waals surface area contributed by atoms with Crippen molar-refractivity contribution in [1.29, 1.82) is 0 Å². The Balaban J connectivity index is 0.000000180. The fourth-order valence-electron chi connectivity index (χ4n) is 0.742. The van der Waals surface area contributed by atoms with Crippen LogP contribution in [0.15, 0.2) is 0 Å². The van der Waals surface area contributed by atoms with Crippen molar-refractivity contribution < 1.29 is 27.4 Å². The van der Waals surface area contributed by atoms with E-state index in [0.717, 1.165) is 13.1 Å². The quantitative estimate of drug-likeness (QED) is 0.420. The van der Waals surface area contributed by atoms with E-state index in [9.17, 15) is 0 Å². The molecule has 0 spiro atoms. The molecule has 0 radical (unpaired) electrons. The van der Waals surface area contributed by atoms with Crippen molar-refractivity contribution in [3.05, 3.63) is 0 Å². The molecule has 0 aromatic carbocycles. The summed E-state index contributed by atoms with van der Waals surface area (Å²) in [7, 11) is 0. The second-order valence-corrected chi connectivity index (χ2v) is 2.79. The Morgan fingerprint density at radius 2 is 1.60 bits per heavy atom. The Kier molecular flexibility index (Phi) is 6.19. The first-order valence-corrected chi connectivity index (χ1v) is 4.87. The molecule has 10 heavy (non-hydrogen) atoms. The summed E-state index contributed by atoms with van der Waals surface area (Å²) in [4.78, 5) is 0. The van der Waals surface area contributed by atoms with E-state index in [1.54, 1.807) is 0 Å². The maximum atomic E-state index is 8.63. The third-order valence-electron chi connectivity index (χ3n) is 1.14. The van der Waals surface area contributed by atoms with Gasteiger partial charge in [0.2, 0.25) is 0 Å². The minimum absolute atomic E-state index is 1.10. The highest BCUT2D eigenvalue weighted by molar-refractivity contribution is 4.57. The van der Waals surface area contributed by atoms with Crippen molar-refractivity contribution in [3.63, 3.8) is 0 Å². The van der Waals surface area contributed by atoms with Gasteiger partial charge >= 0.3 is 14.8 Å². The molecule has 3 N–H and O–H groups in total. The molecule has 5 nitrogen and oxygen atoms in total. The normalized spacial score (nSPS) is 18.9. The molecule has 0 unspecified atom stereocenters. The van der Waals surface area contributed by atoms with Crippen molar-refractivity contribution >= 4 is 0 Å². The topological polar surface area (TPSA) is 95.6 Å². The third-order valence-corrected chi connectivity index (χ3v) is 1.14. The van der Waals surface area contributed by atoms with Crippen LogP contribution in [0.25, 0.3) is 0 Å². The van der Waals surface area contributed by atoms with Crippen LogP contribution in [0.1, 0.15) is 12.8 Å². The molecule has 1 fully saturated rings. The fraction of sp³-hybridized carbons (Fsp3) is 1.00. The lowest BCUT2D eigenvalue weighted by atomic mass is 10.4. The maximum Gasteiger partial charge on any atom is 0.433 e. The molecule has 0 atom stereocenters. The van der Waals surface area contributed by atoms with Crippen LogP contribution in [0.3, 0.4) is 0 Å². The van der Waals surface area contributed by atoms with E-state index in [1.807, 2.05) is 5.01 Å². The molecule has 0 saturated carbocycles. The molecule has 1 rings (SSSR count). The number of hydrazine groups is 1. The molecular formula is C4H11BrN2O3. The molecule has 0 amide bonds. The average Bonchev–Trinajstić information content (AvgIpc) is 2.15. The molecule has 1 aliphatic heterocycles. The fourth-order valence-corrected chi connectivity index (χ4v) is 0.742. The first kappa shape index (κ1) is 10.3. The highest BCUT2D eigenvalue weighted by Gasteiger charge is 2.03. The molecule has 62 valence electrons. The Morgan fingerprint density at radius 3 is 1.70 bits per heavy atom. The van der Waals surface area contributed by atoms with Crippen LogP contribution in [0.4, 0.5) is 0 Å². The van der Waals surface area contributed by atoms with Gasteiger partial charge in [0.25, 0.3) is 0 Å². The number of rotatable bonds is 0. The molecule has 0 aromatic heterocycles. The molecule has 0 aliphatic carbocycles. The lowest BCUT2D eigenvalue weighted by molar-refractivity contribution is -1.63. The minimum Gasteiger partial charge on any atom is -0.372 e. The largest absolute Gasteiger partial charge is 0.433 e. The number of nitrogens with zero attached hydrogens (tertiary/aromatic N) is 1. The van der Waals surface area contributed by atoms with Gasteiger partial charge in [-0.2, -0.15) is 0 Å². The molecule has 1 saturated heterocycles. The molecule has 6 heteroatoms. The van der Waals surface area contributed by atoms with Crippen molar-refractivity contribution in [2.75, 3.05) is 13.1 Å². The van der Waals surface area contributed by atoms with E-state index in [0.29, 0.717) is 0 Å². The summed E-state index contributed by atoms with van der Waals surface area (Å²) >= 11 is -3.40. The summed E-state index contributed by atoms with van der Waals surface area (Å²) in [6, 6.07) is 0. The van der Waals surface area contributed by atoms with E-state index >= 15 is 0 Å². The van der Waals surface area contributed by atoms with Gasteiger partial charge in [0.1, 0.15) is 0 Å². The third kappa shape index (κ3) is 8.28. The van der Waals surface area contributed by atoms with Gasteiger partial charge in [-0.15, -0.1) is 0 Å². The molecular weight excluding hydrogens is 204 g/mol. The van der Waals surface area contributed by atoms with Crippen LogP contribution in [0.2, 0.25) is 0 Å². The van der Waals surface area contributed by atoms with Crippen LogP contribution in [0.5, 0.6) is 0 Å². The zero-order valence-electron chi connectivity index (χ0n) is 5.49. The monoisotopic (exact) mass is 214 g/mol. The first-order chi connectivity index (χ1) is 4.63. The number of halogens is 1. The van der Waals surface area contributed by atoms with Crippen LogP contribution >= 0.6 is 0 Å². The van der Waals surface area contributed by atoms with Gasteiger partial charge in [-0.25, -0.2) is 5.01 Å². The van der Waals surface area contributed by atoms with Crippen LogP contribution < -0.4 is 14.2 Å². The van der Waals surface area contributed by atoms with Crippen molar-refractivity contribution in [2.24, 2.45) is 5.84 Å². The highest BCUT2D eigenvalue weighted by Crippen LogP contribution is 1.99. The predicted octanol–water partition coefficient (Wildman–Crippen LogP) is -2.98. The Hall–Kier alpha value is 0.280. The highest BCUT2D eigenvalue weighted by atomic mass is 80.0. The second-order valence-electron chi connectivity index (χ2n) is 1.94. The Morgan fingerprint density at radius 1 is 1.30 bits per heavy atom. The van der Waals surface area contributed by atoms with Crippen molar-refractivity contribution in [3.8, 4) is 0 Å². The summed E-state index contributed by atoms with van der Waals surface area (Å²) < 4.78 is 24.3. The second kappa shape index (κ2) is 6.02. The molecule has 0 bridgehead atoms. The summed E-state index contributed by atoms with van der Waals surface area (Å²) in [5.41, 5.74) is 0. The zero-order valence-corrected chi connectivity index (χ0v) is 7.08. The number of nitrogens with two attached hydrogens (primary N) is 1. The van der Waals surface area contributed by atoms with Gasteiger partial charge in [-0.05, 0) is 17.0 Å². The first-order valence-electron chi connectivity index (χ1n) is 2.87. The minimum atomic E-state index is -3.40. The zero-order chi connectivity index (χ0) is 7.98. The maximum absolute atomic E-state index is 8.63. The lowest BCUT2D eigenvalue weighted by Crippen LogP contribution is -2.30. The smallest absolute Gasteiger partial charge is 0.372 e. The van der Waals surface area contributed by atoms with Gasteiger partial charge < -0.3 is 8.40 Å². The van der Waals surface area contributed by atoms with Gasteiger partial charge in [-0.1, -0.05) is 0 Å². The molecule has 1 heterocycles. The van der Waals surface area contributed by atoms with Gasteiger partial charge in [0, 0.05) is 13.1 Å². The standard InChI is InChI=1S/C4H10N2.BrHO3/c5-6-3-1-2-4-6;2-1(3)4/h1-5H2;2H. The predicted molar refractivity (Wildman–Crippen MR) is 27.2 cm³/mol. The van der Waals surface area contributed by atoms with Gasteiger partial charge in [0.15, 0.2) is 0 Å². The number of hydrogen-bond acceptors (Lipinski definition) is 5. The van der Waals surface area contributed by atoms with Crippen molar-refractivity contribution in [1.82, 2.24) is 5.01 Å². The van der Waals surface area contributed by atoms with Gasteiger partial charge in [0.05, 0.1) is 0 Å². The average molecular weight is 215 g/mol. The van der Waals surface area contributed by atoms with Crippen LogP contribution in [0, 0.1) is 14.8 Å². The summed E-state index contributed by atoms with van der Waals surface area (Å²) in [5.74, 6) is 5.37. The van der Waals surface area contributed by atoms with Crippen molar-refractivity contribution in [2.45, 2.75) is 12.8 Å². The molecule has 1 aliphatic rings. The van der Waals surface area contributed by atoms with E-state index in [4.69, 9.17) is 18.4 Å². The van der Waals surface area contributed by atoms with E-state index in [1.165, 1.54) is 12.8 Å². The Labute approximate surface area is 64.8 Å². The lowest BCUT2D eigenvalue weighted by Gasteiger charge is -2.01. The summed E-state index contributed by atoms with van der Waals surface area (Å²) in [6.07, 6.45) is 2.58. The van der Waals surface area contributed by atoms with Crippen LogP contribution in [-0.2, 0) is 0 Å².